The number of ether oxygens (including phenoxy) is 1. The van der Waals surface area contributed by atoms with Crippen LogP contribution >= 0.6 is 0 Å². The normalized spacial score (nSPS) is 16.8. The number of aliphatic hydroxyl groups is 4. The summed E-state index contributed by atoms with van der Waals surface area (Å²) in [5.74, 6) is -0.558. The zero-order chi connectivity index (χ0) is 13.3. The van der Waals surface area contributed by atoms with Crippen LogP contribution in [0.3, 0.4) is 0 Å². The predicted octanol–water partition coefficient (Wildman–Crippen LogP) is 3.26. The molecule has 0 heterocycles. The predicted molar refractivity (Wildman–Crippen MR) is 65.2 cm³/mol. The van der Waals surface area contributed by atoms with E-state index in [0.29, 0.717) is 25.4 Å². The number of aliphatic hydroxyl groups excluding tert-OH is 4. The lowest BCUT2D eigenvalue weighted by molar-refractivity contribution is -0.0233. The summed E-state index contributed by atoms with van der Waals surface area (Å²) in [4.78, 5) is 0. The van der Waals surface area contributed by atoms with Gasteiger partial charge in [-0.25, -0.2) is 0 Å². The van der Waals surface area contributed by atoms with E-state index in [0.717, 1.165) is 12.8 Å². The van der Waals surface area contributed by atoms with Crippen LogP contribution in [-0.2, 0) is 4.74 Å². The maximum Gasteiger partial charge on any atom is 0.155 e. The summed E-state index contributed by atoms with van der Waals surface area (Å²) in [6.07, 6.45) is 2.36. The van der Waals surface area contributed by atoms with Crippen LogP contribution in [-0.4, -0.2) is 32.6 Å². The van der Waals surface area contributed by atoms with Gasteiger partial charge in [-0.15, -0.1) is 0 Å². The van der Waals surface area contributed by atoms with Crippen LogP contribution in [0.2, 0.25) is 0 Å². The molecule has 0 aliphatic rings. The van der Waals surface area contributed by atoms with Crippen LogP contribution in [0, 0.1) is 0 Å². The third-order valence-electron chi connectivity index (χ3n) is 2.35. The molecule has 0 aliphatic heterocycles. The van der Waals surface area contributed by atoms with Crippen LogP contribution < -0.4 is 0 Å². The smallest absolute Gasteiger partial charge is 0.155 e. The zero-order valence-electron chi connectivity index (χ0n) is 10.3. The molecule has 0 spiro atoms. The van der Waals surface area contributed by atoms with Gasteiger partial charge in [-0.2, -0.15) is 0 Å². The Kier molecular flexibility index (Phi) is 8.05. The molecule has 2 atom stereocenters. The Balaban J connectivity index is 4.67. The molecular weight excluding hydrogens is 224 g/mol. The third-order valence-corrected chi connectivity index (χ3v) is 2.35. The number of hydrogen-bond donors (Lipinski definition) is 4. The molecule has 4 N–H and O–H groups in total. The third kappa shape index (κ3) is 5.49. The van der Waals surface area contributed by atoms with Gasteiger partial charge in [0, 0.05) is 0 Å². The molecule has 0 saturated heterocycles. The van der Waals surface area contributed by atoms with Gasteiger partial charge >= 0.3 is 0 Å². The largest absolute Gasteiger partial charge is 0.512 e. The Bertz CT molecular complexity index is 234. The minimum absolute atomic E-state index is 0.279. The van der Waals surface area contributed by atoms with Crippen LogP contribution in [0.1, 0.15) is 39.5 Å². The molecule has 0 aromatic heterocycles. The van der Waals surface area contributed by atoms with Crippen molar-refractivity contribution in [3.05, 3.63) is 24.0 Å². The lowest BCUT2D eigenvalue weighted by Gasteiger charge is -2.23. The molecule has 0 aromatic carbocycles. The molecule has 17 heavy (non-hydrogen) atoms. The summed E-state index contributed by atoms with van der Waals surface area (Å²) in [7, 11) is 0. The molecule has 0 rings (SSSR count). The Morgan fingerprint density at radius 1 is 0.941 bits per heavy atom. The Morgan fingerprint density at radius 3 is 1.53 bits per heavy atom. The summed E-state index contributed by atoms with van der Waals surface area (Å²) in [5.41, 5.74) is 0. The molecule has 0 aliphatic carbocycles. The first-order valence-electron chi connectivity index (χ1n) is 5.82. The van der Waals surface area contributed by atoms with E-state index < -0.39 is 12.2 Å². The molecule has 5 nitrogen and oxygen atoms in total. The minimum Gasteiger partial charge on any atom is -0.512 e. The molecule has 5 heteroatoms. The van der Waals surface area contributed by atoms with Gasteiger partial charge in [0.05, 0.1) is 0 Å². The lowest BCUT2D eigenvalue weighted by atomic mass is 10.1. The van der Waals surface area contributed by atoms with Crippen LogP contribution in [0.5, 0.6) is 0 Å². The first kappa shape index (κ1) is 15.6. The summed E-state index contributed by atoms with van der Waals surface area (Å²) in [6, 6.07) is 0. The van der Waals surface area contributed by atoms with Gasteiger partial charge in [-0.3, -0.25) is 0 Å². The minimum atomic E-state index is -0.677. The summed E-state index contributed by atoms with van der Waals surface area (Å²) in [5, 5.41) is 36.4. The Labute approximate surface area is 102 Å². The van der Waals surface area contributed by atoms with Crippen LogP contribution in [0.25, 0.3) is 0 Å². The topological polar surface area (TPSA) is 90.2 Å². The average Bonchev–Trinajstić information content (AvgIpc) is 2.35. The van der Waals surface area contributed by atoms with Crippen molar-refractivity contribution in [2.45, 2.75) is 51.7 Å². The monoisotopic (exact) mass is 246 g/mol. The lowest BCUT2D eigenvalue weighted by Crippen LogP contribution is -2.26. The van der Waals surface area contributed by atoms with Gasteiger partial charge in [0.15, 0.2) is 11.5 Å². The highest BCUT2D eigenvalue weighted by Gasteiger charge is 2.22. The van der Waals surface area contributed by atoms with E-state index in [2.05, 4.69) is 0 Å². The highest BCUT2D eigenvalue weighted by Crippen LogP contribution is 2.19. The van der Waals surface area contributed by atoms with Gasteiger partial charge in [0.2, 0.25) is 0 Å². The van der Waals surface area contributed by atoms with Gasteiger partial charge in [0.25, 0.3) is 0 Å². The van der Waals surface area contributed by atoms with E-state index in [1.165, 1.54) is 0 Å². The van der Waals surface area contributed by atoms with Crippen LogP contribution in [0.4, 0.5) is 0 Å². The fourth-order valence-electron chi connectivity index (χ4n) is 1.46. The summed E-state index contributed by atoms with van der Waals surface area (Å²) < 4.78 is 5.48. The van der Waals surface area contributed by atoms with E-state index >= 15 is 0 Å². The van der Waals surface area contributed by atoms with E-state index in [1.54, 1.807) is 0 Å². The highest BCUT2D eigenvalue weighted by atomic mass is 16.5. The van der Waals surface area contributed by atoms with Crippen molar-refractivity contribution in [1.82, 2.24) is 0 Å². The second kappa shape index (κ2) is 8.75. The quantitative estimate of drug-likeness (QED) is 0.493. The molecule has 0 amide bonds. The maximum absolute atomic E-state index is 9.44. The molecule has 100 valence electrons. The first-order chi connectivity index (χ1) is 8.10. The molecule has 2 unspecified atom stereocenters. The van der Waals surface area contributed by atoms with Crippen molar-refractivity contribution in [2.75, 3.05) is 0 Å². The maximum atomic E-state index is 9.44. The van der Waals surface area contributed by atoms with Gasteiger partial charge in [0.1, 0.15) is 24.7 Å². The van der Waals surface area contributed by atoms with Gasteiger partial charge in [-0.05, 0) is 12.8 Å². The Morgan fingerprint density at radius 2 is 1.29 bits per heavy atom. The molecule has 0 radical (unpaired) electrons. The van der Waals surface area contributed by atoms with Crippen molar-refractivity contribution in [1.29, 1.82) is 0 Å². The van der Waals surface area contributed by atoms with E-state index in [1.807, 2.05) is 13.8 Å². The van der Waals surface area contributed by atoms with Crippen molar-refractivity contribution in [3.63, 3.8) is 0 Å². The van der Waals surface area contributed by atoms with Gasteiger partial charge in [-0.1, -0.05) is 26.7 Å². The summed E-state index contributed by atoms with van der Waals surface area (Å²) in [6.45, 7) is 3.83. The molecule has 0 saturated carbocycles. The second-order valence-electron chi connectivity index (χ2n) is 3.80. The van der Waals surface area contributed by atoms with Crippen molar-refractivity contribution < 1.29 is 25.2 Å². The van der Waals surface area contributed by atoms with E-state index in [-0.39, 0.29) is 11.5 Å². The number of rotatable bonds is 8. The summed E-state index contributed by atoms with van der Waals surface area (Å²) >= 11 is 0. The zero-order valence-corrected chi connectivity index (χ0v) is 10.3. The first-order valence-corrected chi connectivity index (χ1v) is 5.82. The van der Waals surface area contributed by atoms with Gasteiger partial charge < -0.3 is 25.2 Å². The van der Waals surface area contributed by atoms with Crippen molar-refractivity contribution >= 4 is 0 Å². The van der Waals surface area contributed by atoms with Crippen LogP contribution in [0.15, 0.2) is 24.0 Å². The molecule has 0 bridgehead atoms. The second-order valence-corrected chi connectivity index (χ2v) is 3.80. The van der Waals surface area contributed by atoms with E-state index in [9.17, 15) is 10.2 Å². The Hall–Kier alpha value is -1.36. The average molecular weight is 246 g/mol. The fraction of sp³-hybridized carbons (Fsp3) is 0.667. The van der Waals surface area contributed by atoms with Crippen molar-refractivity contribution in [2.24, 2.45) is 0 Å². The fourth-order valence-corrected chi connectivity index (χ4v) is 1.46. The molecule has 0 fully saturated rings. The highest BCUT2D eigenvalue weighted by molar-refractivity contribution is 4.98. The molecular formula is C12H22O5. The molecule has 0 aromatic rings. The van der Waals surface area contributed by atoms with Crippen molar-refractivity contribution in [3.8, 4) is 0 Å². The van der Waals surface area contributed by atoms with E-state index in [4.69, 9.17) is 14.9 Å². The SMILES string of the molecule is CCCC(OC(CCC)/C(O)=C/O)/C(O)=C/O. The standard InChI is InChI=1S/C12H22O5/c1-3-5-11(9(15)7-13)17-12(6-4-2)10(16)8-14/h7-8,11-16H,3-6H2,1-2H3/b9-7-,10-8-. The number of hydrogen-bond acceptors (Lipinski definition) is 5.